The van der Waals surface area contributed by atoms with Crippen LogP contribution in [0.3, 0.4) is 0 Å². The van der Waals surface area contributed by atoms with Crippen LogP contribution in [0.25, 0.3) is 6.08 Å². The van der Waals surface area contributed by atoms with Crippen molar-refractivity contribution in [3.63, 3.8) is 0 Å². The quantitative estimate of drug-likeness (QED) is 0.193. The molecule has 1 aromatic heterocycles. The van der Waals surface area contributed by atoms with Gasteiger partial charge in [-0.1, -0.05) is 94.6 Å². The van der Waals surface area contributed by atoms with E-state index in [2.05, 4.69) is 34.8 Å². The van der Waals surface area contributed by atoms with Crippen LogP contribution in [-0.4, -0.2) is 17.6 Å². The van der Waals surface area contributed by atoms with E-state index in [9.17, 15) is 9.59 Å². The summed E-state index contributed by atoms with van der Waals surface area (Å²) in [5.41, 5.74) is 4.02. The Morgan fingerprint density at radius 3 is 2.52 bits per heavy atom. The summed E-state index contributed by atoms with van der Waals surface area (Å²) in [4.78, 5) is 32.1. The first-order valence-corrected chi connectivity index (χ1v) is 15.5. The Balaban J connectivity index is 1.61. The van der Waals surface area contributed by atoms with Crippen molar-refractivity contribution in [1.82, 2.24) is 4.57 Å². The monoisotopic (exact) mass is 684 g/mol. The minimum Gasteiger partial charge on any atom is -0.488 e. The minimum atomic E-state index is -0.678. The number of carbonyl (C=O) groups excluding carboxylic acids is 1. The molecular weight excluding hydrogens is 659 g/mol. The topological polar surface area (TPSA) is 69.9 Å². The number of esters is 1. The number of nitrogens with zero attached hydrogens (tertiary/aromatic N) is 2. The largest absolute Gasteiger partial charge is 0.488 e. The van der Waals surface area contributed by atoms with E-state index in [-0.39, 0.29) is 12.2 Å². The maximum atomic E-state index is 14.0. The second-order valence-corrected chi connectivity index (χ2v) is 12.9. The Morgan fingerprint density at radius 2 is 1.86 bits per heavy atom. The molecule has 0 saturated carbocycles. The van der Waals surface area contributed by atoms with Crippen molar-refractivity contribution < 1.29 is 14.3 Å². The fourth-order valence-electron chi connectivity index (χ4n) is 4.77. The first-order valence-electron chi connectivity index (χ1n) is 13.1. The average molecular weight is 686 g/mol. The molecule has 0 radical (unpaired) electrons. The highest BCUT2D eigenvalue weighted by molar-refractivity contribution is 9.10. The fourth-order valence-corrected chi connectivity index (χ4v) is 6.65. The first kappa shape index (κ1) is 30.3. The third kappa shape index (κ3) is 6.13. The second kappa shape index (κ2) is 12.6. The van der Waals surface area contributed by atoms with Gasteiger partial charge in [-0.2, -0.15) is 0 Å². The zero-order chi connectivity index (χ0) is 30.1. The number of rotatable bonds is 7. The number of hydrogen-bond donors (Lipinski definition) is 0. The van der Waals surface area contributed by atoms with Crippen molar-refractivity contribution in [2.24, 2.45) is 4.99 Å². The number of thiazole rings is 1. The molecule has 0 aliphatic carbocycles. The van der Waals surface area contributed by atoms with Gasteiger partial charge in [-0.15, -0.1) is 0 Å². The molecule has 4 aromatic rings. The molecule has 0 fully saturated rings. The minimum absolute atomic E-state index is 0.216. The molecule has 6 nitrogen and oxygen atoms in total. The Bertz CT molecular complexity index is 1890. The molecule has 0 amide bonds. The lowest BCUT2D eigenvalue weighted by molar-refractivity contribution is -0.136. The lowest BCUT2D eigenvalue weighted by Gasteiger charge is -2.24. The van der Waals surface area contributed by atoms with Gasteiger partial charge in [-0.05, 0) is 60.4 Å². The number of benzene rings is 3. The molecule has 1 atom stereocenters. The molecule has 10 heteroatoms. The summed E-state index contributed by atoms with van der Waals surface area (Å²) < 4.78 is 14.1. The maximum absolute atomic E-state index is 14.0. The third-order valence-corrected chi connectivity index (χ3v) is 9.07. The van der Waals surface area contributed by atoms with E-state index in [1.54, 1.807) is 29.7 Å². The summed E-state index contributed by atoms with van der Waals surface area (Å²) >= 11 is 17.2. The van der Waals surface area contributed by atoms with Crippen molar-refractivity contribution >= 4 is 62.5 Å². The van der Waals surface area contributed by atoms with Gasteiger partial charge in [-0.25, -0.2) is 9.79 Å². The average Bonchev–Trinajstić information content (AvgIpc) is 3.26. The molecule has 5 rings (SSSR count). The predicted octanol–water partition coefficient (Wildman–Crippen LogP) is 7.18. The van der Waals surface area contributed by atoms with E-state index in [1.165, 1.54) is 18.4 Å². The van der Waals surface area contributed by atoms with Gasteiger partial charge in [0.15, 0.2) is 4.80 Å². The van der Waals surface area contributed by atoms with Crippen LogP contribution < -0.4 is 19.6 Å². The molecule has 2 heterocycles. The van der Waals surface area contributed by atoms with Crippen LogP contribution in [0, 0.1) is 0 Å². The molecule has 216 valence electrons. The number of fused-ring (bicyclic) bond motifs is 1. The van der Waals surface area contributed by atoms with Crippen LogP contribution in [0.1, 0.15) is 55.0 Å². The number of aromatic nitrogens is 1. The zero-order valence-electron chi connectivity index (χ0n) is 23.3. The highest BCUT2D eigenvalue weighted by Gasteiger charge is 2.33. The highest BCUT2D eigenvalue weighted by Crippen LogP contribution is 2.32. The van der Waals surface area contributed by atoms with Gasteiger partial charge in [0.2, 0.25) is 0 Å². The van der Waals surface area contributed by atoms with Crippen LogP contribution >= 0.6 is 50.5 Å². The molecular formula is C32H27BrCl2N2O4S. The van der Waals surface area contributed by atoms with Crippen LogP contribution in [0.4, 0.5) is 0 Å². The van der Waals surface area contributed by atoms with Crippen molar-refractivity contribution in [2.45, 2.75) is 39.3 Å². The fraction of sp³-hybridized carbons (Fsp3) is 0.219. The summed E-state index contributed by atoms with van der Waals surface area (Å²) in [7, 11) is 1.33. The standard InChI is InChI=1S/C32H27BrCl2N2O4S/c1-17(2)19-5-7-20(8-6-19)29-28(31(39)40-4)18(3)36-32-37(29)30(38)27(42-32)14-22-13-23(33)10-12-26(22)41-16-21-9-11-24(34)15-25(21)35/h5-15,17,29H,16H2,1-4H3. The van der Waals surface area contributed by atoms with Gasteiger partial charge < -0.3 is 9.47 Å². The summed E-state index contributed by atoms with van der Waals surface area (Å²) in [5, 5.41) is 1.05. The van der Waals surface area contributed by atoms with Gasteiger partial charge in [0, 0.05) is 25.6 Å². The van der Waals surface area contributed by atoms with Crippen LogP contribution in [0.2, 0.25) is 10.0 Å². The van der Waals surface area contributed by atoms with E-state index in [0.717, 1.165) is 21.2 Å². The number of methoxy groups -OCH3 is 1. The number of ether oxygens (including phenoxy) is 2. The van der Waals surface area contributed by atoms with E-state index in [1.807, 2.05) is 48.5 Å². The summed E-state index contributed by atoms with van der Waals surface area (Å²) in [6.45, 7) is 6.21. The molecule has 42 heavy (non-hydrogen) atoms. The van der Waals surface area contributed by atoms with Gasteiger partial charge in [0.25, 0.3) is 5.56 Å². The van der Waals surface area contributed by atoms with E-state index in [4.69, 9.17) is 32.7 Å². The molecule has 1 aliphatic heterocycles. The Kier molecular flexibility index (Phi) is 9.08. The SMILES string of the molecule is COC(=O)C1=C(C)N=c2sc(=Cc3cc(Br)ccc3OCc3ccc(Cl)cc3Cl)c(=O)n2C1c1ccc(C(C)C)cc1. The van der Waals surface area contributed by atoms with Crippen molar-refractivity contribution in [3.8, 4) is 5.75 Å². The first-order chi connectivity index (χ1) is 20.1. The molecule has 0 bridgehead atoms. The highest BCUT2D eigenvalue weighted by atomic mass is 79.9. The molecule has 0 spiro atoms. The Labute approximate surface area is 265 Å². The lowest BCUT2D eigenvalue weighted by atomic mass is 9.93. The van der Waals surface area contributed by atoms with Crippen molar-refractivity contribution in [1.29, 1.82) is 0 Å². The Hall–Kier alpha value is -3.17. The van der Waals surface area contributed by atoms with Crippen molar-refractivity contribution in [3.05, 3.63) is 128 Å². The zero-order valence-corrected chi connectivity index (χ0v) is 27.2. The number of halogens is 3. The number of hydrogen-bond acceptors (Lipinski definition) is 6. The Morgan fingerprint density at radius 1 is 1.12 bits per heavy atom. The summed E-state index contributed by atoms with van der Waals surface area (Å²) in [6.07, 6.45) is 1.78. The molecule has 1 aliphatic rings. The van der Waals surface area contributed by atoms with E-state index < -0.39 is 12.0 Å². The third-order valence-electron chi connectivity index (χ3n) is 7.00. The van der Waals surface area contributed by atoms with Crippen molar-refractivity contribution in [2.75, 3.05) is 7.11 Å². The predicted molar refractivity (Wildman–Crippen MR) is 171 cm³/mol. The van der Waals surface area contributed by atoms with Gasteiger partial charge in [0.05, 0.1) is 29.0 Å². The van der Waals surface area contributed by atoms with Gasteiger partial charge in [0.1, 0.15) is 12.4 Å². The normalized spacial score (nSPS) is 15.0. The number of carbonyl (C=O) groups is 1. The second-order valence-electron chi connectivity index (χ2n) is 10.1. The van der Waals surface area contributed by atoms with Gasteiger partial charge >= 0.3 is 5.97 Å². The molecule has 0 N–H and O–H groups in total. The van der Waals surface area contributed by atoms with Crippen LogP contribution in [0.15, 0.2) is 86.2 Å². The molecule has 1 unspecified atom stereocenters. The van der Waals surface area contributed by atoms with Crippen LogP contribution in [0.5, 0.6) is 5.75 Å². The molecule has 0 saturated heterocycles. The maximum Gasteiger partial charge on any atom is 0.338 e. The lowest BCUT2D eigenvalue weighted by Crippen LogP contribution is -2.39. The van der Waals surface area contributed by atoms with Gasteiger partial charge in [-0.3, -0.25) is 9.36 Å². The molecule has 3 aromatic carbocycles. The summed E-state index contributed by atoms with van der Waals surface area (Å²) in [5.74, 6) is 0.394. The summed E-state index contributed by atoms with van der Waals surface area (Å²) in [6, 6.07) is 18.1. The van der Waals surface area contributed by atoms with E-state index >= 15 is 0 Å². The smallest absolute Gasteiger partial charge is 0.338 e. The number of allylic oxidation sites excluding steroid dienone is 1. The van der Waals surface area contributed by atoms with Crippen LogP contribution in [-0.2, 0) is 16.1 Å². The van der Waals surface area contributed by atoms with E-state index in [0.29, 0.717) is 47.9 Å².